The fourth-order valence-electron chi connectivity index (χ4n) is 1.16. The highest BCUT2D eigenvalue weighted by Gasteiger charge is 2.05. The number of hydrogen-bond acceptors (Lipinski definition) is 1. The van der Waals surface area contributed by atoms with Crippen molar-refractivity contribution in [3.05, 3.63) is 35.9 Å². The molecular formula is C11H15ClO. The average molecular weight is 199 g/mol. The molecule has 0 aliphatic carbocycles. The largest absolute Gasteiger partial charge is 0.382 e. The molecule has 13 heavy (non-hydrogen) atoms. The quantitative estimate of drug-likeness (QED) is 0.521. The van der Waals surface area contributed by atoms with Crippen molar-refractivity contribution in [2.45, 2.75) is 18.7 Å². The van der Waals surface area contributed by atoms with Crippen LogP contribution in [0.25, 0.3) is 0 Å². The SMILES string of the molecule is CCOCCC(Cl)c1ccccc1. The Balaban J connectivity index is 2.35. The molecular weight excluding hydrogens is 184 g/mol. The smallest absolute Gasteiger partial charge is 0.0607 e. The summed E-state index contributed by atoms with van der Waals surface area (Å²) in [6, 6.07) is 10.1. The van der Waals surface area contributed by atoms with Crippen LogP contribution < -0.4 is 0 Å². The molecule has 0 fully saturated rings. The molecule has 1 rings (SSSR count). The lowest BCUT2D eigenvalue weighted by molar-refractivity contribution is 0.144. The van der Waals surface area contributed by atoms with Crippen LogP contribution in [0.2, 0.25) is 0 Å². The third kappa shape index (κ3) is 3.79. The molecule has 0 heterocycles. The van der Waals surface area contributed by atoms with Crippen LogP contribution in [0, 0.1) is 0 Å². The lowest BCUT2D eigenvalue weighted by atomic mass is 10.1. The minimum Gasteiger partial charge on any atom is -0.382 e. The zero-order valence-electron chi connectivity index (χ0n) is 7.87. The van der Waals surface area contributed by atoms with Crippen molar-refractivity contribution in [1.29, 1.82) is 0 Å². The van der Waals surface area contributed by atoms with Gasteiger partial charge in [0.1, 0.15) is 0 Å². The van der Waals surface area contributed by atoms with Gasteiger partial charge in [-0.05, 0) is 18.9 Å². The maximum atomic E-state index is 6.16. The minimum absolute atomic E-state index is 0.0766. The van der Waals surface area contributed by atoms with Crippen LogP contribution in [0.5, 0.6) is 0 Å². The van der Waals surface area contributed by atoms with Gasteiger partial charge in [0.15, 0.2) is 0 Å². The van der Waals surface area contributed by atoms with Crippen molar-refractivity contribution in [3.63, 3.8) is 0 Å². The Bertz CT molecular complexity index is 223. The van der Waals surface area contributed by atoms with Crippen molar-refractivity contribution in [3.8, 4) is 0 Å². The molecule has 1 aromatic carbocycles. The second kappa shape index (κ2) is 6.01. The van der Waals surface area contributed by atoms with Crippen LogP contribution >= 0.6 is 11.6 Å². The molecule has 0 N–H and O–H groups in total. The van der Waals surface area contributed by atoms with E-state index in [2.05, 4.69) is 0 Å². The number of ether oxygens (including phenoxy) is 1. The van der Waals surface area contributed by atoms with Crippen LogP contribution in [-0.2, 0) is 4.74 Å². The summed E-state index contributed by atoms with van der Waals surface area (Å²) in [6.45, 7) is 3.49. The van der Waals surface area contributed by atoms with Gasteiger partial charge in [0.25, 0.3) is 0 Å². The van der Waals surface area contributed by atoms with E-state index in [4.69, 9.17) is 16.3 Å². The molecule has 0 aromatic heterocycles. The maximum absolute atomic E-state index is 6.16. The van der Waals surface area contributed by atoms with E-state index in [1.807, 2.05) is 37.3 Å². The van der Waals surface area contributed by atoms with Crippen LogP contribution in [-0.4, -0.2) is 13.2 Å². The number of alkyl halides is 1. The minimum atomic E-state index is 0.0766. The van der Waals surface area contributed by atoms with Crippen LogP contribution in [0.15, 0.2) is 30.3 Å². The maximum Gasteiger partial charge on any atom is 0.0607 e. The third-order valence-electron chi connectivity index (χ3n) is 1.88. The number of halogens is 1. The number of benzene rings is 1. The Morgan fingerprint density at radius 1 is 1.31 bits per heavy atom. The molecule has 72 valence electrons. The summed E-state index contributed by atoms with van der Waals surface area (Å²) in [5, 5.41) is 0.0766. The van der Waals surface area contributed by atoms with Gasteiger partial charge in [0.05, 0.1) is 5.38 Å². The average Bonchev–Trinajstić information content (AvgIpc) is 2.19. The highest BCUT2D eigenvalue weighted by atomic mass is 35.5. The molecule has 0 aliphatic heterocycles. The first-order chi connectivity index (χ1) is 6.34. The van der Waals surface area contributed by atoms with Gasteiger partial charge < -0.3 is 4.74 Å². The Kier molecular flexibility index (Phi) is 4.87. The van der Waals surface area contributed by atoms with Gasteiger partial charge >= 0.3 is 0 Å². The predicted octanol–water partition coefficient (Wildman–Crippen LogP) is 3.39. The fourth-order valence-corrected chi connectivity index (χ4v) is 1.39. The first kappa shape index (κ1) is 10.6. The normalized spacial score (nSPS) is 12.8. The number of rotatable bonds is 5. The van der Waals surface area contributed by atoms with Gasteiger partial charge in [-0.15, -0.1) is 11.6 Å². The van der Waals surface area contributed by atoms with E-state index in [1.165, 1.54) is 5.56 Å². The summed E-state index contributed by atoms with van der Waals surface area (Å²) in [4.78, 5) is 0. The van der Waals surface area contributed by atoms with E-state index >= 15 is 0 Å². The Labute approximate surface area is 84.7 Å². The van der Waals surface area contributed by atoms with Gasteiger partial charge in [-0.25, -0.2) is 0 Å². The van der Waals surface area contributed by atoms with Gasteiger partial charge in [-0.3, -0.25) is 0 Å². The summed E-state index contributed by atoms with van der Waals surface area (Å²) < 4.78 is 5.24. The first-order valence-corrected chi connectivity index (χ1v) is 5.05. The van der Waals surface area contributed by atoms with E-state index in [9.17, 15) is 0 Å². The summed E-state index contributed by atoms with van der Waals surface area (Å²) >= 11 is 6.16. The van der Waals surface area contributed by atoms with E-state index in [0.29, 0.717) is 0 Å². The van der Waals surface area contributed by atoms with E-state index in [-0.39, 0.29) is 5.38 Å². The van der Waals surface area contributed by atoms with Gasteiger partial charge in [0.2, 0.25) is 0 Å². The summed E-state index contributed by atoms with van der Waals surface area (Å²) in [7, 11) is 0. The van der Waals surface area contributed by atoms with Crippen molar-refractivity contribution >= 4 is 11.6 Å². The van der Waals surface area contributed by atoms with Crippen molar-refractivity contribution in [2.75, 3.05) is 13.2 Å². The summed E-state index contributed by atoms with van der Waals surface area (Å²) in [6.07, 6.45) is 0.874. The summed E-state index contributed by atoms with van der Waals surface area (Å²) in [5.41, 5.74) is 1.17. The second-order valence-corrected chi connectivity index (χ2v) is 3.39. The first-order valence-electron chi connectivity index (χ1n) is 4.61. The van der Waals surface area contributed by atoms with Crippen molar-refractivity contribution in [2.24, 2.45) is 0 Å². The van der Waals surface area contributed by atoms with Crippen LogP contribution in [0.1, 0.15) is 24.3 Å². The van der Waals surface area contributed by atoms with Gasteiger partial charge in [-0.1, -0.05) is 30.3 Å². The molecule has 0 saturated heterocycles. The summed E-state index contributed by atoms with van der Waals surface area (Å²) in [5.74, 6) is 0. The molecule has 1 unspecified atom stereocenters. The molecule has 0 radical (unpaired) electrons. The molecule has 0 aliphatic rings. The standard InChI is InChI=1S/C11H15ClO/c1-2-13-9-8-11(12)10-6-4-3-5-7-10/h3-7,11H,2,8-9H2,1H3. The Morgan fingerprint density at radius 2 is 2.00 bits per heavy atom. The molecule has 2 heteroatoms. The Hall–Kier alpha value is -0.530. The molecule has 0 saturated carbocycles. The molecule has 0 amide bonds. The molecule has 1 aromatic rings. The lowest BCUT2D eigenvalue weighted by Crippen LogP contribution is -1.98. The fraction of sp³-hybridized carbons (Fsp3) is 0.455. The molecule has 1 nitrogen and oxygen atoms in total. The lowest BCUT2D eigenvalue weighted by Gasteiger charge is -2.08. The van der Waals surface area contributed by atoms with Gasteiger partial charge in [-0.2, -0.15) is 0 Å². The predicted molar refractivity (Wildman–Crippen MR) is 56.1 cm³/mol. The zero-order valence-corrected chi connectivity index (χ0v) is 8.63. The highest BCUT2D eigenvalue weighted by Crippen LogP contribution is 2.23. The van der Waals surface area contributed by atoms with E-state index in [0.717, 1.165) is 19.6 Å². The second-order valence-electron chi connectivity index (χ2n) is 2.86. The Morgan fingerprint density at radius 3 is 2.62 bits per heavy atom. The van der Waals surface area contributed by atoms with E-state index in [1.54, 1.807) is 0 Å². The van der Waals surface area contributed by atoms with Crippen molar-refractivity contribution in [1.82, 2.24) is 0 Å². The van der Waals surface area contributed by atoms with Crippen LogP contribution in [0.3, 0.4) is 0 Å². The van der Waals surface area contributed by atoms with Gasteiger partial charge in [0, 0.05) is 13.2 Å². The van der Waals surface area contributed by atoms with Crippen LogP contribution in [0.4, 0.5) is 0 Å². The van der Waals surface area contributed by atoms with Crippen molar-refractivity contribution < 1.29 is 4.74 Å². The number of hydrogen-bond donors (Lipinski definition) is 0. The topological polar surface area (TPSA) is 9.23 Å². The molecule has 1 atom stereocenters. The molecule has 0 bridgehead atoms. The zero-order chi connectivity index (χ0) is 9.52. The monoisotopic (exact) mass is 198 g/mol. The highest BCUT2D eigenvalue weighted by molar-refractivity contribution is 6.20. The third-order valence-corrected chi connectivity index (χ3v) is 2.35. The van der Waals surface area contributed by atoms with E-state index < -0.39 is 0 Å². The molecule has 0 spiro atoms.